The van der Waals surface area contributed by atoms with Crippen molar-refractivity contribution < 1.29 is 0 Å². The van der Waals surface area contributed by atoms with Crippen LogP contribution in [0.1, 0.15) is 81.5 Å². The van der Waals surface area contributed by atoms with Gasteiger partial charge >= 0.3 is 0 Å². The fourth-order valence-electron chi connectivity index (χ4n) is 7.55. The Balaban J connectivity index is 1.72. The van der Waals surface area contributed by atoms with Crippen LogP contribution in [0.4, 0.5) is 22.9 Å². The van der Waals surface area contributed by atoms with Crippen molar-refractivity contribution in [3.05, 3.63) is 131 Å². The summed E-state index contributed by atoms with van der Waals surface area (Å²) in [6.45, 7) is 16.3. The van der Waals surface area contributed by atoms with Gasteiger partial charge in [-0.05, 0) is 115 Å². The molecule has 0 aliphatic carbocycles. The van der Waals surface area contributed by atoms with Crippen LogP contribution in [0.5, 0.6) is 0 Å². The molecule has 0 amide bonds. The van der Waals surface area contributed by atoms with E-state index in [-0.39, 0.29) is 6.71 Å². The van der Waals surface area contributed by atoms with Gasteiger partial charge in [-0.15, -0.1) is 0 Å². The molecule has 0 fully saturated rings. The Morgan fingerprint density at radius 3 is 1.83 bits per heavy atom. The van der Waals surface area contributed by atoms with Crippen molar-refractivity contribution in [3.8, 4) is 5.69 Å². The summed E-state index contributed by atoms with van der Waals surface area (Å²) in [5, 5.41) is 1.25. The third kappa shape index (κ3) is 5.24. The first kappa shape index (κ1) is 31.2. The number of anilines is 3. The Morgan fingerprint density at radius 1 is 0.638 bits per heavy atom. The molecule has 1 aliphatic rings. The van der Waals surface area contributed by atoms with E-state index < -0.39 is 0 Å². The van der Waals surface area contributed by atoms with Crippen LogP contribution in [-0.2, 0) is 0 Å². The molecule has 1 aliphatic heterocycles. The largest absolute Gasteiger partial charge is 0.297 e. The molecule has 0 atom stereocenters. The Morgan fingerprint density at radius 2 is 1.26 bits per heavy atom. The van der Waals surface area contributed by atoms with Crippen LogP contribution < -0.4 is 21.3 Å². The highest BCUT2D eigenvalue weighted by Gasteiger charge is 2.42. The van der Waals surface area contributed by atoms with Crippen LogP contribution in [0.25, 0.3) is 16.6 Å². The number of hydrogen-bond acceptors (Lipinski definition) is 2. The summed E-state index contributed by atoms with van der Waals surface area (Å²) >= 11 is 0. The lowest BCUT2D eigenvalue weighted by molar-refractivity contribution is 0.812. The van der Waals surface area contributed by atoms with Crippen molar-refractivity contribution in [2.75, 3.05) is 4.90 Å². The van der Waals surface area contributed by atoms with Gasteiger partial charge in [-0.2, -0.15) is 0 Å². The molecule has 234 valence electrons. The average molecular weight is 632 g/mol. The predicted molar refractivity (Wildman–Crippen MR) is 206 cm³/mol. The highest BCUT2D eigenvalue weighted by atomic mass is 31.0. The predicted octanol–water partition coefficient (Wildman–Crippen LogP) is 10.6. The molecule has 0 saturated heterocycles. The van der Waals surface area contributed by atoms with Gasteiger partial charge in [0.05, 0.1) is 11.2 Å². The van der Waals surface area contributed by atoms with Gasteiger partial charge in [0.1, 0.15) is 5.82 Å². The molecule has 0 radical (unpaired) electrons. The van der Waals surface area contributed by atoms with Crippen LogP contribution in [0, 0.1) is 6.92 Å². The number of benzene rings is 5. The quantitative estimate of drug-likeness (QED) is 0.127. The molecule has 0 saturated carbocycles. The number of rotatable bonds is 7. The molecular formula is C42H43BN3P. The normalized spacial score (nSPS) is 12.7. The minimum atomic E-state index is 0.0373. The molecule has 0 N–H and O–H groups in total. The average Bonchev–Trinajstić information content (AvgIpc) is 3.40. The molecule has 0 unspecified atom stereocenters. The maximum atomic E-state index is 4.45. The summed E-state index contributed by atoms with van der Waals surface area (Å²) in [4.78, 5) is 2.50. The Bertz CT molecular complexity index is 2080. The van der Waals surface area contributed by atoms with Crippen LogP contribution in [0.15, 0.2) is 114 Å². The molecule has 0 bridgehead atoms. The van der Waals surface area contributed by atoms with Crippen molar-refractivity contribution in [2.24, 2.45) is 4.74 Å². The fraction of sp³-hybridized carbons (Fsp3) is 0.238. The maximum absolute atomic E-state index is 4.45. The molecule has 47 heavy (non-hydrogen) atoms. The van der Waals surface area contributed by atoms with Gasteiger partial charge in [0.25, 0.3) is 0 Å². The smallest absolute Gasteiger partial charge is 0.250 e. The van der Waals surface area contributed by atoms with Crippen LogP contribution in [0.3, 0.4) is 0 Å². The Labute approximate surface area is 282 Å². The topological polar surface area (TPSA) is 20.5 Å². The first-order valence-corrected chi connectivity index (χ1v) is 17.4. The number of nitrogens with zero attached hydrogens (tertiary/aromatic N) is 3. The maximum Gasteiger partial charge on any atom is 0.250 e. The van der Waals surface area contributed by atoms with Gasteiger partial charge in [-0.1, -0.05) is 114 Å². The van der Waals surface area contributed by atoms with E-state index in [1.165, 1.54) is 55.5 Å². The molecule has 5 heteroatoms. The van der Waals surface area contributed by atoms with Crippen molar-refractivity contribution in [1.29, 1.82) is 0 Å². The van der Waals surface area contributed by atoms with E-state index in [0.29, 0.717) is 17.8 Å². The van der Waals surface area contributed by atoms with Crippen LogP contribution >= 0.6 is 9.03 Å². The van der Waals surface area contributed by atoms with Crippen molar-refractivity contribution in [1.82, 2.24) is 4.57 Å². The molecule has 5 aromatic carbocycles. The molecule has 0 spiro atoms. The van der Waals surface area contributed by atoms with E-state index >= 15 is 0 Å². The summed E-state index contributed by atoms with van der Waals surface area (Å²) < 4.78 is 6.91. The molecular weight excluding hydrogens is 588 g/mol. The Kier molecular flexibility index (Phi) is 8.19. The van der Waals surface area contributed by atoms with E-state index in [1.807, 2.05) is 0 Å². The molecule has 3 nitrogen and oxygen atoms in total. The summed E-state index contributed by atoms with van der Waals surface area (Å²) in [6.07, 6.45) is 0. The van der Waals surface area contributed by atoms with Gasteiger partial charge in [0, 0.05) is 17.1 Å². The standard InChI is InChI=1S/C42H43BN3P/c1-26(2)30-23-35(27(3)4)40(36(24-30)28(5)6)43-37-21-18-29(7)22-39(37)46(33-16-12-9-13-17-33)42-41(43)34-20-19-31(44-47)25-38(34)45(42)32-14-10-8-11-15-32/h8-28,47H,1-7H3. The number of fused-ring (bicyclic) bond motifs is 4. The monoisotopic (exact) mass is 631 g/mol. The molecule has 2 heterocycles. The van der Waals surface area contributed by atoms with E-state index in [9.17, 15) is 0 Å². The zero-order valence-corrected chi connectivity index (χ0v) is 29.5. The third-order valence-electron chi connectivity index (χ3n) is 9.83. The second-order valence-electron chi connectivity index (χ2n) is 14.0. The van der Waals surface area contributed by atoms with E-state index in [1.54, 1.807) is 0 Å². The summed E-state index contributed by atoms with van der Waals surface area (Å²) in [7, 11) is 3.45. The van der Waals surface area contributed by atoms with Gasteiger partial charge in [0.15, 0.2) is 0 Å². The van der Waals surface area contributed by atoms with Crippen LogP contribution in [0.2, 0.25) is 0 Å². The van der Waals surface area contributed by atoms with E-state index in [0.717, 1.165) is 22.6 Å². The minimum absolute atomic E-state index is 0.0373. The Hall–Kier alpha value is -4.40. The van der Waals surface area contributed by atoms with Crippen molar-refractivity contribution in [2.45, 2.75) is 66.2 Å². The molecule has 6 aromatic rings. The first-order chi connectivity index (χ1) is 22.7. The van der Waals surface area contributed by atoms with E-state index in [2.05, 4.69) is 181 Å². The second-order valence-corrected chi connectivity index (χ2v) is 14.2. The summed E-state index contributed by atoms with van der Waals surface area (Å²) in [5.41, 5.74) is 15.2. The zero-order chi connectivity index (χ0) is 33.0. The number of hydrogen-bond donors (Lipinski definition) is 0. The highest BCUT2D eigenvalue weighted by Crippen LogP contribution is 2.43. The zero-order valence-electron chi connectivity index (χ0n) is 28.5. The fourth-order valence-corrected chi connectivity index (χ4v) is 7.68. The van der Waals surface area contributed by atoms with E-state index in [4.69, 9.17) is 0 Å². The van der Waals surface area contributed by atoms with Crippen LogP contribution in [-0.4, -0.2) is 11.3 Å². The van der Waals surface area contributed by atoms with Crippen molar-refractivity contribution in [3.63, 3.8) is 0 Å². The third-order valence-corrected chi connectivity index (χ3v) is 10.1. The number of aryl methyl sites for hydroxylation is 1. The van der Waals surface area contributed by atoms with Gasteiger partial charge in [0.2, 0.25) is 6.71 Å². The summed E-state index contributed by atoms with van der Waals surface area (Å²) in [6, 6.07) is 40.4. The second kappa shape index (κ2) is 12.3. The van der Waals surface area contributed by atoms with Crippen molar-refractivity contribution >= 4 is 65.9 Å². The molecule has 7 rings (SSSR count). The summed E-state index contributed by atoms with van der Waals surface area (Å²) in [5.74, 6) is 2.37. The number of aromatic nitrogens is 1. The first-order valence-electron chi connectivity index (χ1n) is 16.9. The minimum Gasteiger partial charge on any atom is -0.297 e. The molecule has 1 aromatic heterocycles. The lowest BCUT2D eigenvalue weighted by atomic mass is 9.33. The lowest BCUT2D eigenvalue weighted by Crippen LogP contribution is -2.59. The lowest BCUT2D eigenvalue weighted by Gasteiger charge is -2.38. The number of para-hydroxylation sites is 2. The van der Waals surface area contributed by atoms with Gasteiger partial charge in [-0.3, -0.25) is 9.47 Å². The highest BCUT2D eigenvalue weighted by molar-refractivity contribution is 7.04. The van der Waals surface area contributed by atoms with Gasteiger partial charge in [-0.25, -0.2) is 4.74 Å². The van der Waals surface area contributed by atoms with Gasteiger partial charge < -0.3 is 0 Å². The SMILES string of the molecule is Cc1ccc2c(c1)N(c1ccccc1)c1c(c3ccc(N=P)cc3n1-c1ccccc1)B2c1c(C(C)C)cc(C(C)C)cc1C(C)C.